The van der Waals surface area contributed by atoms with Crippen molar-refractivity contribution in [1.82, 2.24) is 9.78 Å². The third-order valence-corrected chi connectivity index (χ3v) is 2.00. The molecule has 0 aliphatic heterocycles. The number of aromatic amines is 1. The van der Waals surface area contributed by atoms with E-state index in [1.807, 2.05) is 25.1 Å². The number of benzene rings is 1. The molecule has 12 heavy (non-hydrogen) atoms. The first-order valence-electron chi connectivity index (χ1n) is 3.84. The number of aromatic nitrogens is 2. The van der Waals surface area contributed by atoms with E-state index in [2.05, 4.69) is 5.10 Å². The van der Waals surface area contributed by atoms with Gasteiger partial charge in [0, 0.05) is 7.05 Å². The lowest BCUT2D eigenvalue weighted by Gasteiger charge is -1.89. The fourth-order valence-electron chi connectivity index (χ4n) is 1.35. The van der Waals surface area contributed by atoms with Crippen LogP contribution < -0.4 is 5.56 Å². The van der Waals surface area contributed by atoms with Crippen LogP contribution in [-0.2, 0) is 7.05 Å². The SMILES string of the molecule is Cc1ccc2c(=O)n(C)[nH]c2c1. The van der Waals surface area contributed by atoms with Gasteiger partial charge in [0.25, 0.3) is 5.56 Å². The van der Waals surface area contributed by atoms with Crippen molar-refractivity contribution in [3.05, 3.63) is 34.1 Å². The number of rotatable bonds is 0. The van der Waals surface area contributed by atoms with Crippen molar-refractivity contribution in [3.8, 4) is 0 Å². The number of nitrogens with one attached hydrogen (secondary N) is 1. The minimum Gasteiger partial charge on any atom is -0.295 e. The van der Waals surface area contributed by atoms with Crippen LogP contribution in [0.3, 0.4) is 0 Å². The Morgan fingerprint density at radius 2 is 2.17 bits per heavy atom. The third kappa shape index (κ3) is 0.863. The molecule has 0 saturated carbocycles. The molecule has 0 radical (unpaired) electrons. The van der Waals surface area contributed by atoms with Crippen LogP contribution in [0, 0.1) is 6.92 Å². The smallest absolute Gasteiger partial charge is 0.274 e. The second-order valence-corrected chi connectivity index (χ2v) is 3.03. The topological polar surface area (TPSA) is 37.8 Å². The molecule has 0 fully saturated rings. The minimum absolute atomic E-state index is 0.0324. The van der Waals surface area contributed by atoms with Crippen LogP contribution in [0.2, 0.25) is 0 Å². The van der Waals surface area contributed by atoms with Crippen LogP contribution in [-0.4, -0.2) is 9.78 Å². The molecule has 1 aromatic carbocycles. The van der Waals surface area contributed by atoms with E-state index in [1.165, 1.54) is 4.68 Å². The van der Waals surface area contributed by atoms with Crippen molar-refractivity contribution < 1.29 is 0 Å². The minimum atomic E-state index is 0.0324. The first-order valence-corrected chi connectivity index (χ1v) is 3.84. The lowest BCUT2D eigenvalue weighted by molar-refractivity contribution is 0.751. The Hall–Kier alpha value is -1.51. The normalized spacial score (nSPS) is 10.8. The maximum absolute atomic E-state index is 11.4. The zero-order valence-electron chi connectivity index (χ0n) is 7.09. The summed E-state index contributed by atoms with van der Waals surface area (Å²) < 4.78 is 1.49. The summed E-state index contributed by atoms with van der Waals surface area (Å²) in [7, 11) is 1.72. The summed E-state index contributed by atoms with van der Waals surface area (Å²) in [4.78, 5) is 11.4. The molecule has 0 saturated heterocycles. The lowest BCUT2D eigenvalue weighted by atomic mass is 10.2. The molecule has 62 valence electrons. The number of aryl methyl sites for hydroxylation is 2. The molecule has 2 rings (SSSR count). The molecular formula is C9H10N2O. The van der Waals surface area contributed by atoms with Gasteiger partial charge in [-0.15, -0.1) is 0 Å². The van der Waals surface area contributed by atoms with E-state index >= 15 is 0 Å². The molecular weight excluding hydrogens is 152 g/mol. The fraction of sp³-hybridized carbons (Fsp3) is 0.222. The molecule has 0 spiro atoms. The lowest BCUT2D eigenvalue weighted by Crippen LogP contribution is -2.10. The monoisotopic (exact) mass is 162 g/mol. The number of hydrogen-bond acceptors (Lipinski definition) is 1. The van der Waals surface area contributed by atoms with Crippen LogP contribution in [0.1, 0.15) is 5.56 Å². The summed E-state index contributed by atoms with van der Waals surface area (Å²) in [6, 6.07) is 5.76. The number of H-pyrrole nitrogens is 1. The van der Waals surface area contributed by atoms with Crippen molar-refractivity contribution in [2.75, 3.05) is 0 Å². The summed E-state index contributed by atoms with van der Waals surface area (Å²) in [6.45, 7) is 2.00. The quantitative estimate of drug-likeness (QED) is 0.620. The molecule has 2 aromatic rings. The van der Waals surface area contributed by atoms with Gasteiger partial charge in [-0.3, -0.25) is 14.6 Å². The molecule has 1 heterocycles. The highest BCUT2D eigenvalue weighted by molar-refractivity contribution is 5.78. The maximum Gasteiger partial charge on any atom is 0.274 e. The molecule has 1 aromatic heterocycles. The zero-order valence-corrected chi connectivity index (χ0v) is 7.09. The van der Waals surface area contributed by atoms with Gasteiger partial charge in [-0.05, 0) is 24.6 Å². The number of hydrogen-bond donors (Lipinski definition) is 1. The molecule has 0 atom stereocenters. The Morgan fingerprint density at radius 3 is 2.92 bits per heavy atom. The number of nitrogens with zero attached hydrogens (tertiary/aromatic N) is 1. The summed E-state index contributed by atoms with van der Waals surface area (Å²) in [5, 5.41) is 3.72. The molecule has 0 unspecified atom stereocenters. The summed E-state index contributed by atoms with van der Waals surface area (Å²) in [6.07, 6.45) is 0. The summed E-state index contributed by atoms with van der Waals surface area (Å²) in [5.74, 6) is 0. The standard InChI is InChI=1S/C9H10N2O/c1-6-3-4-7-8(5-6)10-11(2)9(7)12/h3-5,10H,1-2H3. The van der Waals surface area contributed by atoms with Gasteiger partial charge in [0.2, 0.25) is 0 Å². The second kappa shape index (κ2) is 2.24. The van der Waals surface area contributed by atoms with E-state index in [9.17, 15) is 4.79 Å². The van der Waals surface area contributed by atoms with E-state index in [1.54, 1.807) is 7.05 Å². The Balaban J connectivity index is 2.97. The molecule has 0 aliphatic rings. The predicted molar refractivity (Wildman–Crippen MR) is 48.3 cm³/mol. The molecule has 0 bridgehead atoms. The van der Waals surface area contributed by atoms with Crippen molar-refractivity contribution in [1.29, 1.82) is 0 Å². The highest BCUT2D eigenvalue weighted by Gasteiger charge is 2.01. The van der Waals surface area contributed by atoms with E-state index in [-0.39, 0.29) is 5.56 Å². The van der Waals surface area contributed by atoms with Gasteiger partial charge in [0.15, 0.2) is 0 Å². The zero-order chi connectivity index (χ0) is 8.72. The first-order chi connectivity index (χ1) is 5.68. The van der Waals surface area contributed by atoms with Gasteiger partial charge < -0.3 is 0 Å². The van der Waals surface area contributed by atoms with Gasteiger partial charge >= 0.3 is 0 Å². The van der Waals surface area contributed by atoms with Crippen LogP contribution in [0.5, 0.6) is 0 Å². The Labute approximate surface area is 69.6 Å². The highest BCUT2D eigenvalue weighted by atomic mass is 16.1. The van der Waals surface area contributed by atoms with E-state index < -0.39 is 0 Å². The van der Waals surface area contributed by atoms with Crippen molar-refractivity contribution in [3.63, 3.8) is 0 Å². The van der Waals surface area contributed by atoms with E-state index in [0.717, 1.165) is 16.5 Å². The molecule has 1 N–H and O–H groups in total. The largest absolute Gasteiger partial charge is 0.295 e. The third-order valence-electron chi connectivity index (χ3n) is 2.00. The van der Waals surface area contributed by atoms with Gasteiger partial charge in [0.1, 0.15) is 0 Å². The number of fused-ring (bicyclic) bond motifs is 1. The van der Waals surface area contributed by atoms with Crippen molar-refractivity contribution in [2.24, 2.45) is 7.05 Å². The van der Waals surface area contributed by atoms with Gasteiger partial charge in [-0.2, -0.15) is 0 Å². The Bertz CT molecular complexity index is 479. The highest BCUT2D eigenvalue weighted by Crippen LogP contribution is 2.08. The predicted octanol–water partition coefficient (Wildman–Crippen LogP) is 1.18. The van der Waals surface area contributed by atoms with E-state index in [0.29, 0.717) is 0 Å². The maximum atomic E-state index is 11.4. The summed E-state index contributed by atoms with van der Waals surface area (Å²) in [5.41, 5.74) is 2.09. The molecule has 3 nitrogen and oxygen atoms in total. The first kappa shape index (κ1) is 7.16. The van der Waals surface area contributed by atoms with Crippen LogP contribution in [0.15, 0.2) is 23.0 Å². The molecule has 0 aliphatic carbocycles. The van der Waals surface area contributed by atoms with Gasteiger partial charge in [-0.1, -0.05) is 6.07 Å². The van der Waals surface area contributed by atoms with Crippen LogP contribution in [0.4, 0.5) is 0 Å². The molecule has 3 heteroatoms. The van der Waals surface area contributed by atoms with Crippen LogP contribution in [0.25, 0.3) is 10.9 Å². The molecule has 0 amide bonds. The average molecular weight is 162 g/mol. The average Bonchev–Trinajstić information content (AvgIpc) is 2.28. The van der Waals surface area contributed by atoms with E-state index in [4.69, 9.17) is 0 Å². The Kier molecular flexibility index (Phi) is 1.33. The van der Waals surface area contributed by atoms with Gasteiger partial charge in [0.05, 0.1) is 10.9 Å². The fourth-order valence-corrected chi connectivity index (χ4v) is 1.35. The van der Waals surface area contributed by atoms with Crippen molar-refractivity contribution >= 4 is 10.9 Å². The summed E-state index contributed by atoms with van der Waals surface area (Å²) >= 11 is 0. The second-order valence-electron chi connectivity index (χ2n) is 3.03. The Morgan fingerprint density at radius 1 is 1.42 bits per heavy atom. The van der Waals surface area contributed by atoms with Crippen molar-refractivity contribution in [2.45, 2.75) is 6.92 Å². The van der Waals surface area contributed by atoms with Crippen LogP contribution >= 0.6 is 0 Å². The van der Waals surface area contributed by atoms with Gasteiger partial charge in [-0.25, -0.2) is 0 Å².